The summed E-state index contributed by atoms with van der Waals surface area (Å²) in [6.45, 7) is 2.50. The van der Waals surface area contributed by atoms with Gasteiger partial charge in [-0.15, -0.1) is 0 Å². The predicted molar refractivity (Wildman–Crippen MR) is 115 cm³/mol. The number of amides is 2. The Kier molecular flexibility index (Phi) is 6.01. The Morgan fingerprint density at radius 3 is 2.77 bits per heavy atom. The number of nitrogens with one attached hydrogen (secondary N) is 2. The molecule has 1 fully saturated rings. The maximum Gasteiger partial charge on any atom is 0.249 e. The van der Waals surface area contributed by atoms with Crippen LogP contribution >= 0.6 is 11.6 Å². The van der Waals surface area contributed by atoms with Crippen LogP contribution in [-0.2, 0) is 20.9 Å². The average molecular weight is 427 g/mol. The van der Waals surface area contributed by atoms with E-state index in [-0.39, 0.29) is 24.4 Å². The number of aromatic nitrogens is 2. The summed E-state index contributed by atoms with van der Waals surface area (Å²) in [6, 6.07) is 14.3. The van der Waals surface area contributed by atoms with E-state index in [0.717, 1.165) is 23.9 Å². The smallest absolute Gasteiger partial charge is 0.249 e. The second kappa shape index (κ2) is 8.85. The Labute approximate surface area is 179 Å². The molecular weight excluding hydrogens is 404 g/mol. The fourth-order valence-corrected chi connectivity index (χ4v) is 3.83. The van der Waals surface area contributed by atoms with Crippen LogP contribution in [0, 0.1) is 0 Å². The number of anilines is 1. The van der Waals surface area contributed by atoms with E-state index in [1.54, 1.807) is 18.2 Å². The summed E-state index contributed by atoms with van der Waals surface area (Å²) in [5, 5.41) is 6.28. The molecule has 0 saturated carbocycles. The lowest BCUT2D eigenvalue weighted by Gasteiger charge is -2.18. The average Bonchev–Trinajstić information content (AvgIpc) is 3.39. The van der Waals surface area contributed by atoms with Gasteiger partial charge < -0.3 is 19.9 Å². The Bertz CT molecular complexity index is 1080. The fourth-order valence-electron chi connectivity index (χ4n) is 3.64. The molecule has 0 aliphatic carbocycles. The fraction of sp³-hybridized carbons (Fsp3) is 0.318. The van der Waals surface area contributed by atoms with Gasteiger partial charge in [-0.25, -0.2) is 4.98 Å². The zero-order valence-electron chi connectivity index (χ0n) is 16.6. The molecule has 2 aromatic carbocycles. The third kappa shape index (κ3) is 4.32. The normalized spacial score (nSPS) is 17.1. The van der Waals surface area contributed by atoms with Crippen molar-refractivity contribution in [3.63, 3.8) is 0 Å². The molecule has 1 aromatic heterocycles. The minimum Gasteiger partial charge on any atom is -0.368 e. The molecule has 0 spiro atoms. The van der Waals surface area contributed by atoms with Crippen LogP contribution in [0.4, 0.5) is 5.69 Å². The van der Waals surface area contributed by atoms with Crippen molar-refractivity contribution in [3.05, 3.63) is 59.4 Å². The van der Waals surface area contributed by atoms with Crippen LogP contribution in [0.15, 0.2) is 48.5 Å². The molecule has 0 radical (unpaired) electrons. The zero-order valence-corrected chi connectivity index (χ0v) is 17.4. The lowest BCUT2D eigenvalue weighted by Crippen LogP contribution is -2.37. The molecular formula is C22H23ClN4O3. The molecule has 4 rings (SSSR count). The minimum absolute atomic E-state index is 0.0429. The van der Waals surface area contributed by atoms with Gasteiger partial charge in [0, 0.05) is 6.61 Å². The molecule has 7 nitrogen and oxygen atoms in total. The van der Waals surface area contributed by atoms with Crippen LogP contribution in [0.25, 0.3) is 11.0 Å². The number of para-hydroxylation sites is 3. The summed E-state index contributed by atoms with van der Waals surface area (Å²) in [4.78, 5) is 29.9. The number of benzene rings is 2. The summed E-state index contributed by atoms with van der Waals surface area (Å²) in [5.41, 5.74) is 2.13. The summed E-state index contributed by atoms with van der Waals surface area (Å²) in [7, 11) is 0. The number of halogens is 1. The Morgan fingerprint density at radius 1 is 1.23 bits per heavy atom. The van der Waals surface area contributed by atoms with Gasteiger partial charge in [0.2, 0.25) is 11.8 Å². The monoisotopic (exact) mass is 426 g/mol. The molecule has 0 bridgehead atoms. The van der Waals surface area contributed by atoms with Crippen LogP contribution in [0.1, 0.15) is 31.6 Å². The van der Waals surface area contributed by atoms with Crippen LogP contribution in [0.3, 0.4) is 0 Å². The molecule has 30 heavy (non-hydrogen) atoms. The standard InChI is InChI=1S/C22H23ClN4O3/c1-14(24-22(29)19-11-6-12-30-19)21-26-17-9-4-5-10-18(17)27(21)13-20(28)25-16-8-3-2-7-15(16)23/h2-5,7-10,14,19H,6,11-13H2,1H3,(H,24,29)(H,25,28). The number of nitrogens with zero attached hydrogens (tertiary/aromatic N) is 2. The van der Waals surface area contributed by atoms with Gasteiger partial charge >= 0.3 is 0 Å². The van der Waals surface area contributed by atoms with Crippen molar-refractivity contribution in [2.75, 3.05) is 11.9 Å². The van der Waals surface area contributed by atoms with E-state index >= 15 is 0 Å². The Hall–Kier alpha value is -2.90. The highest BCUT2D eigenvalue weighted by Crippen LogP contribution is 2.23. The summed E-state index contributed by atoms with van der Waals surface area (Å²) < 4.78 is 7.29. The van der Waals surface area contributed by atoms with Gasteiger partial charge in [-0.3, -0.25) is 9.59 Å². The molecule has 1 aliphatic heterocycles. The van der Waals surface area contributed by atoms with E-state index in [9.17, 15) is 9.59 Å². The van der Waals surface area contributed by atoms with Crippen molar-refractivity contribution >= 4 is 40.1 Å². The van der Waals surface area contributed by atoms with E-state index in [4.69, 9.17) is 16.3 Å². The summed E-state index contributed by atoms with van der Waals surface area (Å²) in [6.07, 6.45) is 1.18. The van der Waals surface area contributed by atoms with Crippen molar-refractivity contribution in [2.45, 2.75) is 38.5 Å². The van der Waals surface area contributed by atoms with Gasteiger partial charge in [-0.2, -0.15) is 0 Å². The highest BCUT2D eigenvalue weighted by Gasteiger charge is 2.27. The van der Waals surface area contributed by atoms with Gasteiger partial charge in [0.05, 0.1) is 27.8 Å². The van der Waals surface area contributed by atoms with E-state index in [1.807, 2.05) is 41.8 Å². The second-order valence-electron chi connectivity index (χ2n) is 7.30. The maximum absolute atomic E-state index is 12.8. The van der Waals surface area contributed by atoms with Gasteiger partial charge in [-0.1, -0.05) is 35.9 Å². The van der Waals surface area contributed by atoms with E-state index < -0.39 is 6.10 Å². The molecule has 2 atom stereocenters. The van der Waals surface area contributed by atoms with Gasteiger partial charge in [0.1, 0.15) is 18.5 Å². The van der Waals surface area contributed by atoms with E-state index in [2.05, 4.69) is 15.6 Å². The molecule has 2 N–H and O–H groups in total. The summed E-state index contributed by atoms with van der Waals surface area (Å²) >= 11 is 6.15. The lowest BCUT2D eigenvalue weighted by atomic mass is 10.2. The van der Waals surface area contributed by atoms with Gasteiger partial charge in [-0.05, 0) is 44.0 Å². The lowest BCUT2D eigenvalue weighted by molar-refractivity contribution is -0.130. The molecule has 2 heterocycles. The number of hydrogen-bond donors (Lipinski definition) is 2. The van der Waals surface area contributed by atoms with Crippen molar-refractivity contribution in [1.82, 2.24) is 14.9 Å². The van der Waals surface area contributed by atoms with Crippen molar-refractivity contribution in [3.8, 4) is 0 Å². The van der Waals surface area contributed by atoms with Crippen LogP contribution in [0.2, 0.25) is 5.02 Å². The largest absolute Gasteiger partial charge is 0.368 e. The molecule has 3 aromatic rings. The zero-order chi connectivity index (χ0) is 21.1. The number of rotatable bonds is 6. The Balaban J connectivity index is 1.57. The van der Waals surface area contributed by atoms with Crippen LogP contribution in [-0.4, -0.2) is 34.1 Å². The highest BCUT2D eigenvalue weighted by atomic mass is 35.5. The molecule has 156 valence electrons. The second-order valence-corrected chi connectivity index (χ2v) is 7.71. The third-order valence-electron chi connectivity index (χ3n) is 5.10. The van der Waals surface area contributed by atoms with Gasteiger partial charge in [0.25, 0.3) is 0 Å². The van der Waals surface area contributed by atoms with Crippen molar-refractivity contribution < 1.29 is 14.3 Å². The maximum atomic E-state index is 12.8. The number of carbonyl (C=O) groups excluding carboxylic acids is 2. The number of ether oxygens (including phenoxy) is 1. The first-order chi connectivity index (χ1) is 14.5. The number of carbonyl (C=O) groups is 2. The van der Waals surface area contributed by atoms with E-state index in [1.165, 1.54) is 0 Å². The molecule has 8 heteroatoms. The number of fused-ring (bicyclic) bond motifs is 1. The minimum atomic E-state index is -0.422. The van der Waals surface area contributed by atoms with Crippen LogP contribution < -0.4 is 10.6 Å². The van der Waals surface area contributed by atoms with Crippen molar-refractivity contribution in [1.29, 1.82) is 0 Å². The highest BCUT2D eigenvalue weighted by molar-refractivity contribution is 6.33. The molecule has 1 saturated heterocycles. The van der Waals surface area contributed by atoms with Gasteiger partial charge in [0.15, 0.2) is 0 Å². The SMILES string of the molecule is CC(NC(=O)C1CCCO1)c1nc2ccccc2n1CC(=O)Nc1ccccc1Cl. The quantitative estimate of drug-likeness (QED) is 0.629. The number of hydrogen-bond acceptors (Lipinski definition) is 4. The van der Waals surface area contributed by atoms with E-state index in [0.29, 0.717) is 23.1 Å². The topological polar surface area (TPSA) is 85.2 Å². The first-order valence-corrected chi connectivity index (χ1v) is 10.3. The van der Waals surface area contributed by atoms with Crippen LogP contribution in [0.5, 0.6) is 0 Å². The number of imidazole rings is 1. The Morgan fingerprint density at radius 2 is 2.00 bits per heavy atom. The molecule has 2 amide bonds. The first kappa shape index (κ1) is 20.4. The van der Waals surface area contributed by atoms with Crippen molar-refractivity contribution in [2.24, 2.45) is 0 Å². The third-order valence-corrected chi connectivity index (χ3v) is 5.43. The molecule has 1 aliphatic rings. The first-order valence-electron chi connectivity index (χ1n) is 9.94. The summed E-state index contributed by atoms with van der Waals surface area (Å²) in [5.74, 6) is 0.223. The molecule has 2 unspecified atom stereocenters. The predicted octanol–water partition coefficient (Wildman–Crippen LogP) is 3.68.